The summed E-state index contributed by atoms with van der Waals surface area (Å²) in [4.78, 5) is 24.3. The van der Waals surface area contributed by atoms with Crippen LogP contribution < -0.4 is 5.32 Å². The van der Waals surface area contributed by atoms with E-state index in [9.17, 15) is 15.0 Å². The number of fused-ring (bicyclic) bond motifs is 1. The molecule has 0 saturated carbocycles. The molecular weight excluding hydrogens is 314 g/mol. The van der Waals surface area contributed by atoms with Crippen molar-refractivity contribution in [3.8, 4) is 0 Å². The lowest BCUT2D eigenvalue weighted by Gasteiger charge is -2.22. The Bertz CT molecular complexity index is 684. The minimum Gasteiger partial charge on any atom is -0.394 e. The molecule has 0 aromatic carbocycles. The molecule has 9 nitrogen and oxygen atoms in total. The Morgan fingerprint density at radius 1 is 1.33 bits per heavy atom. The summed E-state index contributed by atoms with van der Waals surface area (Å²) in [5, 5.41) is 21.5. The van der Waals surface area contributed by atoms with E-state index < -0.39 is 12.3 Å². The fraction of sp³-hybridized carbons (Fsp3) is 0.600. The maximum absolute atomic E-state index is 11.8. The molecule has 1 amide bonds. The van der Waals surface area contributed by atoms with E-state index in [1.165, 1.54) is 12.5 Å². The zero-order valence-electron chi connectivity index (χ0n) is 14.0. The molecule has 0 spiro atoms. The number of ether oxygens (including phenoxy) is 1. The number of carbonyl (C=O) groups excluding carboxylic acids is 1. The summed E-state index contributed by atoms with van der Waals surface area (Å²) in [6.07, 6.45) is 2.44. The Kier molecular flexibility index (Phi) is 6.18. The quantitative estimate of drug-likeness (QED) is 0.648. The van der Waals surface area contributed by atoms with Gasteiger partial charge in [0, 0.05) is 5.92 Å². The Morgan fingerprint density at radius 3 is 2.67 bits per heavy atom. The van der Waals surface area contributed by atoms with Gasteiger partial charge in [-0.15, -0.1) is 0 Å². The van der Waals surface area contributed by atoms with Crippen LogP contribution in [-0.4, -0.2) is 55.0 Å². The minimum atomic E-state index is -0.740. The van der Waals surface area contributed by atoms with Gasteiger partial charge in [-0.05, 0) is 6.42 Å². The predicted molar refractivity (Wildman–Crippen MR) is 87.2 cm³/mol. The molecule has 0 fully saturated rings. The van der Waals surface area contributed by atoms with E-state index in [0.717, 1.165) is 0 Å². The number of hydrogen-bond acceptors (Lipinski definition) is 7. The smallest absolute Gasteiger partial charge is 0.231 e. The Hall–Kier alpha value is -2.10. The lowest BCUT2D eigenvalue weighted by atomic mass is 10.2. The van der Waals surface area contributed by atoms with Crippen LogP contribution in [0.15, 0.2) is 12.5 Å². The maximum atomic E-state index is 11.8. The Morgan fingerprint density at radius 2 is 2.08 bits per heavy atom. The highest BCUT2D eigenvalue weighted by atomic mass is 16.5. The lowest BCUT2D eigenvalue weighted by Crippen LogP contribution is -2.26. The lowest BCUT2D eigenvalue weighted by molar-refractivity contribution is -0.118. The van der Waals surface area contributed by atoms with Crippen molar-refractivity contribution in [1.29, 1.82) is 0 Å². The molecule has 2 atom stereocenters. The van der Waals surface area contributed by atoms with Gasteiger partial charge >= 0.3 is 0 Å². The van der Waals surface area contributed by atoms with Crippen LogP contribution in [0.1, 0.15) is 33.4 Å². The van der Waals surface area contributed by atoms with Crippen LogP contribution in [0.5, 0.6) is 0 Å². The summed E-state index contributed by atoms with van der Waals surface area (Å²) >= 11 is 0. The molecule has 0 aliphatic heterocycles. The van der Waals surface area contributed by atoms with E-state index in [2.05, 4.69) is 20.3 Å². The first-order valence-electron chi connectivity index (χ1n) is 7.87. The number of nitrogens with one attached hydrogen (secondary N) is 1. The molecule has 0 saturated heterocycles. The van der Waals surface area contributed by atoms with Gasteiger partial charge in [-0.3, -0.25) is 14.7 Å². The number of imidazole rings is 1. The van der Waals surface area contributed by atoms with E-state index >= 15 is 0 Å². The second-order valence-corrected chi connectivity index (χ2v) is 5.68. The van der Waals surface area contributed by atoms with Crippen molar-refractivity contribution in [3.05, 3.63) is 12.5 Å². The van der Waals surface area contributed by atoms with E-state index in [-0.39, 0.29) is 31.0 Å². The molecule has 9 heteroatoms. The van der Waals surface area contributed by atoms with Gasteiger partial charge in [0.25, 0.3) is 0 Å². The van der Waals surface area contributed by atoms with Gasteiger partial charge in [-0.25, -0.2) is 9.97 Å². The van der Waals surface area contributed by atoms with Gasteiger partial charge in [-0.1, -0.05) is 20.8 Å². The third kappa shape index (κ3) is 4.05. The standard InChI is InChI=1S/C15H23N5O4/c1-4-10(6-21)24-12(7-22)20-8-17-11-5-16-15(18-13(11)20)19-14(23)9(2)3/h5,8-10,12,21-22H,4,6-7H2,1-3H3,(H,16,18,19,23)/t10-,12-/m1/s1. The largest absolute Gasteiger partial charge is 0.394 e. The van der Waals surface area contributed by atoms with Crippen LogP contribution in [0.25, 0.3) is 11.2 Å². The van der Waals surface area contributed by atoms with Crippen molar-refractivity contribution in [2.45, 2.75) is 39.5 Å². The van der Waals surface area contributed by atoms with E-state index in [1.807, 2.05) is 6.92 Å². The van der Waals surface area contributed by atoms with Crippen molar-refractivity contribution in [1.82, 2.24) is 19.5 Å². The zero-order chi connectivity index (χ0) is 17.7. The van der Waals surface area contributed by atoms with E-state index in [1.54, 1.807) is 18.4 Å². The SMILES string of the molecule is CC[C@H](CO)O[C@H](CO)n1cnc2cnc(NC(=O)C(C)C)nc21. The minimum absolute atomic E-state index is 0.149. The molecule has 132 valence electrons. The molecular formula is C15H23N5O4. The third-order valence-corrected chi connectivity index (χ3v) is 3.55. The van der Waals surface area contributed by atoms with Gasteiger partial charge in [0.1, 0.15) is 5.52 Å². The Balaban J connectivity index is 2.30. The number of anilines is 1. The molecule has 0 aliphatic rings. The predicted octanol–water partition coefficient (Wildman–Crippen LogP) is 0.699. The number of hydrogen-bond donors (Lipinski definition) is 3. The molecule has 2 aromatic heterocycles. The van der Waals surface area contributed by atoms with E-state index in [4.69, 9.17) is 4.74 Å². The highest BCUT2D eigenvalue weighted by Gasteiger charge is 2.20. The summed E-state index contributed by atoms with van der Waals surface area (Å²) in [7, 11) is 0. The van der Waals surface area contributed by atoms with Crippen molar-refractivity contribution >= 4 is 23.0 Å². The number of rotatable bonds is 8. The first-order chi connectivity index (χ1) is 11.5. The number of aliphatic hydroxyl groups is 2. The zero-order valence-corrected chi connectivity index (χ0v) is 14.0. The second-order valence-electron chi connectivity index (χ2n) is 5.68. The van der Waals surface area contributed by atoms with Crippen LogP contribution in [0.2, 0.25) is 0 Å². The summed E-state index contributed by atoms with van der Waals surface area (Å²) in [5.41, 5.74) is 0.938. The average Bonchev–Trinajstić information content (AvgIpc) is 2.99. The van der Waals surface area contributed by atoms with Crippen molar-refractivity contribution < 1.29 is 19.7 Å². The number of nitrogens with zero attached hydrogens (tertiary/aromatic N) is 4. The molecule has 24 heavy (non-hydrogen) atoms. The summed E-state index contributed by atoms with van der Waals surface area (Å²) in [5.74, 6) is -0.229. The summed E-state index contributed by atoms with van der Waals surface area (Å²) < 4.78 is 7.24. The maximum Gasteiger partial charge on any atom is 0.231 e. The fourth-order valence-corrected chi connectivity index (χ4v) is 2.04. The second kappa shape index (κ2) is 8.13. The molecule has 2 aromatic rings. The highest BCUT2D eigenvalue weighted by Crippen LogP contribution is 2.19. The normalized spacial score (nSPS) is 14.1. The third-order valence-electron chi connectivity index (χ3n) is 3.55. The van der Waals surface area contributed by atoms with Crippen molar-refractivity contribution in [2.24, 2.45) is 5.92 Å². The van der Waals surface area contributed by atoms with Crippen LogP contribution >= 0.6 is 0 Å². The van der Waals surface area contributed by atoms with Crippen LogP contribution in [0.4, 0.5) is 5.95 Å². The van der Waals surface area contributed by atoms with Gasteiger partial charge in [-0.2, -0.15) is 4.98 Å². The monoisotopic (exact) mass is 337 g/mol. The van der Waals surface area contributed by atoms with Gasteiger partial charge in [0.15, 0.2) is 11.9 Å². The Labute approximate surface area is 139 Å². The highest BCUT2D eigenvalue weighted by molar-refractivity contribution is 5.91. The van der Waals surface area contributed by atoms with Gasteiger partial charge in [0.05, 0.1) is 31.8 Å². The van der Waals surface area contributed by atoms with Gasteiger partial charge < -0.3 is 14.9 Å². The molecule has 0 radical (unpaired) electrons. The molecule has 0 bridgehead atoms. The van der Waals surface area contributed by atoms with Crippen LogP contribution in [0, 0.1) is 5.92 Å². The molecule has 0 unspecified atom stereocenters. The molecule has 2 heterocycles. The van der Waals surface area contributed by atoms with Crippen molar-refractivity contribution in [3.63, 3.8) is 0 Å². The molecule has 2 rings (SSSR count). The first-order valence-corrected chi connectivity index (χ1v) is 7.87. The number of carbonyl (C=O) groups is 1. The molecule has 3 N–H and O–H groups in total. The average molecular weight is 337 g/mol. The summed E-state index contributed by atoms with van der Waals surface area (Å²) in [6.45, 7) is 4.97. The topological polar surface area (TPSA) is 122 Å². The van der Waals surface area contributed by atoms with Crippen LogP contribution in [0.3, 0.4) is 0 Å². The first kappa shape index (κ1) is 18.2. The fourth-order valence-electron chi connectivity index (χ4n) is 2.04. The summed E-state index contributed by atoms with van der Waals surface area (Å²) in [6, 6.07) is 0. The number of amides is 1. The molecule has 0 aliphatic carbocycles. The van der Waals surface area contributed by atoms with Crippen molar-refractivity contribution in [2.75, 3.05) is 18.5 Å². The van der Waals surface area contributed by atoms with Gasteiger partial charge in [0.2, 0.25) is 11.9 Å². The number of aromatic nitrogens is 4. The number of aliphatic hydroxyl groups excluding tert-OH is 2. The van der Waals surface area contributed by atoms with Crippen LogP contribution in [-0.2, 0) is 9.53 Å². The van der Waals surface area contributed by atoms with E-state index in [0.29, 0.717) is 17.6 Å².